The number of urea groups is 1. The van der Waals surface area contributed by atoms with Gasteiger partial charge < -0.3 is 20.1 Å². The van der Waals surface area contributed by atoms with Crippen LogP contribution in [0.1, 0.15) is 20.3 Å². The summed E-state index contributed by atoms with van der Waals surface area (Å²) >= 11 is 0. The zero-order chi connectivity index (χ0) is 12.6. The third kappa shape index (κ3) is 2.88. The summed E-state index contributed by atoms with van der Waals surface area (Å²) in [5.74, 6) is -0.407. The number of aliphatic carboxylic acids is 1. The Balaban J connectivity index is 1.70. The quantitative estimate of drug-likeness (QED) is 0.742. The van der Waals surface area contributed by atoms with Gasteiger partial charge in [0.1, 0.15) is 12.2 Å². The van der Waals surface area contributed by atoms with Gasteiger partial charge >= 0.3 is 12.0 Å². The van der Waals surface area contributed by atoms with Gasteiger partial charge in [0.05, 0.1) is 13.1 Å². The maximum Gasteiger partial charge on any atom is 0.329 e. The van der Waals surface area contributed by atoms with Crippen LogP contribution in [0.3, 0.4) is 0 Å². The van der Waals surface area contributed by atoms with Gasteiger partial charge in [-0.2, -0.15) is 0 Å². The Morgan fingerprint density at radius 1 is 1.53 bits per heavy atom. The molecule has 1 aliphatic heterocycles. The van der Waals surface area contributed by atoms with Crippen molar-refractivity contribution in [3.05, 3.63) is 0 Å². The average Bonchev–Trinajstić information content (AvgIpc) is 2.86. The van der Waals surface area contributed by atoms with Crippen molar-refractivity contribution in [3.8, 4) is 0 Å². The number of ether oxygens (including phenoxy) is 1. The number of hydrogen-bond donors (Lipinski definition) is 2. The molecular weight excluding hydrogens is 224 g/mol. The van der Waals surface area contributed by atoms with E-state index in [9.17, 15) is 9.59 Å². The number of carbonyl (C=O) groups is 2. The number of carboxylic acids is 1. The van der Waals surface area contributed by atoms with Crippen molar-refractivity contribution in [1.82, 2.24) is 10.2 Å². The van der Waals surface area contributed by atoms with E-state index >= 15 is 0 Å². The van der Waals surface area contributed by atoms with Crippen LogP contribution in [0.2, 0.25) is 0 Å². The second kappa shape index (κ2) is 4.18. The van der Waals surface area contributed by atoms with Gasteiger partial charge in [0.2, 0.25) is 0 Å². The third-order valence-corrected chi connectivity index (χ3v) is 3.30. The minimum atomic E-state index is -0.985. The van der Waals surface area contributed by atoms with Crippen molar-refractivity contribution in [2.45, 2.75) is 31.9 Å². The fraction of sp³-hybridized carbons (Fsp3) is 0.818. The summed E-state index contributed by atoms with van der Waals surface area (Å²) in [4.78, 5) is 23.7. The van der Waals surface area contributed by atoms with Gasteiger partial charge in [0, 0.05) is 6.04 Å². The predicted octanol–water partition coefficient (Wildman–Crippen LogP) is 0.280. The first-order valence-corrected chi connectivity index (χ1v) is 5.81. The summed E-state index contributed by atoms with van der Waals surface area (Å²) < 4.78 is 5.23. The molecule has 0 bridgehead atoms. The van der Waals surface area contributed by atoms with E-state index < -0.39 is 11.6 Å². The second-order valence-corrected chi connectivity index (χ2v) is 5.26. The van der Waals surface area contributed by atoms with E-state index in [0.717, 1.165) is 6.42 Å². The first-order chi connectivity index (χ1) is 7.89. The van der Waals surface area contributed by atoms with Crippen LogP contribution >= 0.6 is 0 Å². The number of rotatable bonds is 4. The van der Waals surface area contributed by atoms with Crippen LogP contribution in [0.5, 0.6) is 0 Å². The molecule has 2 rings (SSSR count). The van der Waals surface area contributed by atoms with Crippen LogP contribution in [-0.2, 0) is 9.53 Å². The highest BCUT2D eigenvalue weighted by Crippen LogP contribution is 2.30. The summed E-state index contributed by atoms with van der Waals surface area (Å²) in [5, 5.41) is 11.4. The van der Waals surface area contributed by atoms with Crippen molar-refractivity contribution in [2.75, 3.05) is 19.7 Å². The lowest BCUT2D eigenvalue weighted by molar-refractivity contribution is -0.159. The summed E-state index contributed by atoms with van der Waals surface area (Å²) in [5.41, 5.74) is -0.509. The van der Waals surface area contributed by atoms with E-state index in [0.29, 0.717) is 25.0 Å². The Labute approximate surface area is 99.9 Å². The van der Waals surface area contributed by atoms with Gasteiger partial charge in [0.15, 0.2) is 0 Å². The molecule has 96 valence electrons. The molecule has 0 aromatic carbocycles. The monoisotopic (exact) mass is 242 g/mol. The second-order valence-electron chi connectivity index (χ2n) is 5.26. The maximum absolute atomic E-state index is 11.7. The maximum atomic E-state index is 11.7. The molecule has 0 aromatic heterocycles. The van der Waals surface area contributed by atoms with E-state index in [-0.39, 0.29) is 12.6 Å². The van der Waals surface area contributed by atoms with E-state index in [1.165, 1.54) is 0 Å². The highest BCUT2D eigenvalue weighted by atomic mass is 16.5. The molecule has 0 radical (unpaired) electrons. The number of carboxylic acid groups (broad SMARTS) is 1. The zero-order valence-corrected chi connectivity index (χ0v) is 10.1. The largest absolute Gasteiger partial charge is 0.480 e. The van der Waals surface area contributed by atoms with Gasteiger partial charge in [-0.15, -0.1) is 0 Å². The average molecular weight is 242 g/mol. The lowest BCUT2D eigenvalue weighted by Crippen LogP contribution is -2.65. The Kier molecular flexibility index (Phi) is 2.99. The number of carbonyl (C=O) groups excluding carboxylic acids is 1. The summed E-state index contributed by atoms with van der Waals surface area (Å²) in [6.07, 6.45) is 1.05. The summed E-state index contributed by atoms with van der Waals surface area (Å²) in [6, 6.07) is 0.241. The third-order valence-electron chi connectivity index (χ3n) is 3.30. The number of nitrogens with zero attached hydrogens (tertiary/aromatic N) is 1. The Hall–Kier alpha value is -1.30. The molecule has 2 fully saturated rings. The van der Waals surface area contributed by atoms with Crippen molar-refractivity contribution in [2.24, 2.45) is 5.92 Å². The van der Waals surface area contributed by atoms with Gasteiger partial charge in [-0.25, -0.2) is 9.59 Å². The van der Waals surface area contributed by atoms with Crippen molar-refractivity contribution < 1.29 is 19.4 Å². The van der Waals surface area contributed by atoms with Gasteiger partial charge in [-0.3, -0.25) is 0 Å². The van der Waals surface area contributed by atoms with Crippen LogP contribution in [-0.4, -0.2) is 53.3 Å². The first kappa shape index (κ1) is 12.2. The number of likely N-dealkylation sites (tertiary alicyclic amines) is 1. The van der Waals surface area contributed by atoms with Crippen LogP contribution in [0, 0.1) is 5.92 Å². The molecule has 2 N–H and O–H groups in total. The fourth-order valence-electron chi connectivity index (χ4n) is 2.01. The van der Waals surface area contributed by atoms with Crippen LogP contribution in [0.4, 0.5) is 4.79 Å². The molecule has 6 nitrogen and oxygen atoms in total. The van der Waals surface area contributed by atoms with E-state index in [1.807, 2.05) is 6.92 Å². The smallest absolute Gasteiger partial charge is 0.329 e. The number of amides is 2. The van der Waals surface area contributed by atoms with E-state index in [1.54, 1.807) is 4.90 Å². The fourth-order valence-corrected chi connectivity index (χ4v) is 2.01. The Morgan fingerprint density at radius 3 is 2.59 bits per heavy atom. The minimum absolute atomic E-state index is 0.0734. The van der Waals surface area contributed by atoms with Crippen molar-refractivity contribution in [1.29, 1.82) is 0 Å². The molecule has 0 spiro atoms. The number of nitrogens with one attached hydrogen (secondary N) is 1. The molecule has 2 atom stereocenters. The molecular formula is C11H18N2O4. The summed E-state index contributed by atoms with van der Waals surface area (Å²) in [7, 11) is 0. The van der Waals surface area contributed by atoms with Crippen LogP contribution in [0.15, 0.2) is 0 Å². The molecule has 0 aromatic rings. The van der Waals surface area contributed by atoms with Crippen LogP contribution in [0.25, 0.3) is 0 Å². The van der Waals surface area contributed by atoms with Crippen molar-refractivity contribution in [3.63, 3.8) is 0 Å². The highest BCUT2D eigenvalue weighted by Gasteiger charge is 2.44. The lowest BCUT2D eigenvalue weighted by Gasteiger charge is -2.47. The minimum Gasteiger partial charge on any atom is -0.480 e. The topological polar surface area (TPSA) is 78.9 Å². The normalized spacial score (nSPS) is 29.4. The van der Waals surface area contributed by atoms with Gasteiger partial charge in [0.25, 0.3) is 0 Å². The number of hydrogen-bond acceptors (Lipinski definition) is 3. The molecule has 2 aliphatic rings. The summed E-state index contributed by atoms with van der Waals surface area (Å²) in [6.45, 7) is 4.51. The molecule has 1 saturated carbocycles. The van der Waals surface area contributed by atoms with E-state index in [4.69, 9.17) is 9.84 Å². The molecule has 1 saturated heterocycles. The lowest BCUT2D eigenvalue weighted by atomic mass is 9.97. The SMILES string of the molecule is CC1CC1NC(=O)N1CC(C)(OCC(=O)O)C1. The zero-order valence-electron chi connectivity index (χ0n) is 10.1. The van der Waals surface area contributed by atoms with Gasteiger partial charge in [-0.1, -0.05) is 6.92 Å². The molecule has 2 amide bonds. The van der Waals surface area contributed by atoms with Gasteiger partial charge in [-0.05, 0) is 19.3 Å². The highest BCUT2D eigenvalue weighted by molar-refractivity contribution is 5.76. The Bertz CT molecular complexity index is 338. The Morgan fingerprint density at radius 2 is 2.12 bits per heavy atom. The molecule has 6 heteroatoms. The van der Waals surface area contributed by atoms with Crippen LogP contribution < -0.4 is 5.32 Å². The predicted molar refractivity (Wildman–Crippen MR) is 59.7 cm³/mol. The molecule has 1 heterocycles. The van der Waals surface area contributed by atoms with Crippen molar-refractivity contribution >= 4 is 12.0 Å². The molecule has 2 unspecified atom stereocenters. The standard InChI is InChI=1S/C11H18N2O4/c1-7-3-8(7)12-10(16)13-5-11(2,6-13)17-4-9(14)15/h7-8H,3-6H2,1-2H3,(H,12,16)(H,14,15). The first-order valence-electron chi connectivity index (χ1n) is 5.81. The van der Waals surface area contributed by atoms with E-state index in [2.05, 4.69) is 12.2 Å². The molecule has 17 heavy (non-hydrogen) atoms. The molecule has 1 aliphatic carbocycles.